The zero-order chi connectivity index (χ0) is 13.0. The molecular formula is C12H17N3O3. The van der Waals surface area contributed by atoms with E-state index < -0.39 is 5.97 Å². The summed E-state index contributed by atoms with van der Waals surface area (Å²) in [7, 11) is 1.33. The molecular weight excluding hydrogens is 234 g/mol. The summed E-state index contributed by atoms with van der Waals surface area (Å²) in [4.78, 5) is 21.6. The van der Waals surface area contributed by atoms with Gasteiger partial charge < -0.3 is 14.7 Å². The van der Waals surface area contributed by atoms with E-state index in [9.17, 15) is 4.79 Å². The quantitative estimate of drug-likeness (QED) is 0.787. The van der Waals surface area contributed by atoms with E-state index in [2.05, 4.69) is 19.6 Å². The first-order valence-electron chi connectivity index (χ1n) is 6.00. The van der Waals surface area contributed by atoms with E-state index in [0.29, 0.717) is 17.4 Å². The van der Waals surface area contributed by atoms with Crippen LogP contribution < -0.4 is 4.90 Å². The summed E-state index contributed by atoms with van der Waals surface area (Å²) in [5, 5.41) is 9.07. The Kier molecular flexibility index (Phi) is 4.09. The van der Waals surface area contributed by atoms with Crippen LogP contribution >= 0.6 is 0 Å². The van der Waals surface area contributed by atoms with E-state index in [1.165, 1.54) is 19.5 Å². The van der Waals surface area contributed by atoms with Crippen LogP contribution in [0, 0.1) is 5.92 Å². The molecule has 0 bridgehead atoms. The predicted molar refractivity (Wildman–Crippen MR) is 65.4 cm³/mol. The van der Waals surface area contributed by atoms with E-state index >= 15 is 0 Å². The molecule has 6 nitrogen and oxygen atoms in total. The number of ether oxygens (including phenoxy) is 1. The Bertz CT molecular complexity index is 400. The number of hydrogen-bond acceptors (Lipinski definition) is 6. The third kappa shape index (κ3) is 2.76. The minimum absolute atomic E-state index is 0.246. The molecule has 0 amide bonds. The van der Waals surface area contributed by atoms with Crippen molar-refractivity contribution in [1.29, 1.82) is 0 Å². The fourth-order valence-electron chi connectivity index (χ4n) is 2.02. The Hall–Kier alpha value is -1.69. The van der Waals surface area contributed by atoms with Crippen LogP contribution in [0.25, 0.3) is 0 Å². The Morgan fingerprint density at radius 2 is 2.06 bits per heavy atom. The summed E-state index contributed by atoms with van der Waals surface area (Å²) in [6.45, 7) is 1.92. The highest BCUT2D eigenvalue weighted by atomic mass is 16.5. The number of esters is 1. The van der Waals surface area contributed by atoms with Gasteiger partial charge >= 0.3 is 5.97 Å². The molecule has 0 aromatic carbocycles. The molecule has 1 saturated heterocycles. The molecule has 0 spiro atoms. The summed E-state index contributed by atoms with van der Waals surface area (Å²) in [5.74, 6) is 0.579. The lowest BCUT2D eigenvalue weighted by Gasteiger charge is -2.30. The van der Waals surface area contributed by atoms with Crippen molar-refractivity contribution in [1.82, 2.24) is 9.97 Å². The van der Waals surface area contributed by atoms with Gasteiger partial charge in [0.25, 0.3) is 0 Å². The highest BCUT2D eigenvalue weighted by molar-refractivity contribution is 5.88. The molecule has 1 aromatic rings. The summed E-state index contributed by atoms with van der Waals surface area (Å²) in [5.41, 5.74) is 0.353. The zero-order valence-corrected chi connectivity index (χ0v) is 10.4. The van der Waals surface area contributed by atoms with E-state index in [1.54, 1.807) is 0 Å². The highest BCUT2D eigenvalue weighted by Gasteiger charge is 2.20. The predicted octanol–water partition coefficient (Wildman–Crippen LogP) is 0.472. The van der Waals surface area contributed by atoms with Crippen LogP contribution in [0.1, 0.15) is 23.2 Å². The molecule has 0 aliphatic carbocycles. The number of carbonyl (C=O) groups is 1. The number of nitrogens with zero attached hydrogens (tertiary/aromatic N) is 3. The van der Waals surface area contributed by atoms with Crippen molar-refractivity contribution in [2.45, 2.75) is 12.8 Å². The maximum absolute atomic E-state index is 11.2. The Morgan fingerprint density at radius 1 is 1.44 bits per heavy atom. The van der Waals surface area contributed by atoms with Crippen LogP contribution in [0.15, 0.2) is 12.4 Å². The van der Waals surface area contributed by atoms with E-state index in [4.69, 9.17) is 5.11 Å². The molecule has 1 N–H and O–H groups in total. The molecule has 1 aliphatic rings. The van der Waals surface area contributed by atoms with Crippen LogP contribution in [0.5, 0.6) is 0 Å². The fraction of sp³-hybridized carbons (Fsp3) is 0.583. The Labute approximate surface area is 106 Å². The summed E-state index contributed by atoms with van der Waals surface area (Å²) in [6, 6.07) is 0. The van der Waals surface area contributed by atoms with Crippen LogP contribution in [0.2, 0.25) is 0 Å². The number of aliphatic hydroxyl groups is 1. The standard InChI is InChI=1S/C12H17N3O3/c1-18-11(17)10-6-13-12(14-7-10)15-4-2-9(8-16)3-5-15/h6-7,9,16H,2-5,8H2,1H3. The molecule has 2 rings (SSSR count). The lowest BCUT2D eigenvalue weighted by molar-refractivity contribution is 0.0600. The van der Waals surface area contributed by atoms with Gasteiger partial charge in [0.2, 0.25) is 5.95 Å². The second-order valence-corrected chi connectivity index (χ2v) is 4.38. The fourth-order valence-corrected chi connectivity index (χ4v) is 2.02. The topological polar surface area (TPSA) is 75.5 Å². The average Bonchev–Trinajstić information content (AvgIpc) is 2.47. The summed E-state index contributed by atoms with van der Waals surface area (Å²) >= 11 is 0. The number of anilines is 1. The third-order valence-electron chi connectivity index (χ3n) is 3.21. The smallest absolute Gasteiger partial charge is 0.341 e. The minimum Gasteiger partial charge on any atom is -0.465 e. The molecule has 2 heterocycles. The van der Waals surface area contributed by atoms with Gasteiger partial charge in [-0.15, -0.1) is 0 Å². The van der Waals surface area contributed by atoms with Crippen LogP contribution in [0.3, 0.4) is 0 Å². The SMILES string of the molecule is COC(=O)c1cnc(N2CCC(CO)CC2)nc1. The number of aliphatic hydroxyl groups excluding tert-OH is 1. The third-order valence-corrected chi connectivity index (χ3v) is 3.21. The van der Waals surface area contributed by atoms with Crippen molar-refractivity contribution >= 4 is 11.9 Å². The van der Waals surface area contributed by atoms with E-state index in [-0.39, 0.29) is 6.61 Å². The van der Waals surface area contributed by atoms with Gasteiger partial charge in [0.15, 0.2) is 0 Å². The van der Waals surface area contributed by atoms with Crippen LogP contribution in [0.4, 0.5) is 5.95 Å². The van der Waals surface area contributed by atoms with Gasteiger partial charge in [-0.1, -0.05) is 0 Å². The molecule has 1 aliphatic heterocycles. The number of rotatable bonds is 3. The average molecular weight is 251 g/mol. The number of methoxy groups -OCH3 is 1. The van der Waals surface area contributed by atoms with Gasteiger partial charge in [-0.3, -0.25) is 0 Å². The number of piperidine rings is 1. The van der Waals surface area contributed by atoms with Gasteiger partial charge in [-0.2, -0.15) is 0 Å². The van der Waals surface area contributed by atoms with Crippen molar-refractivity contribution in [3.05, 3.63) is 18.0 Å². The molecule has 1 aromatic heterocycles. The zero-order valence-electron chi connectivity index (χ0n) is 10.4. The monoisotopic (exact) mass is 251 g/mol. The van der Waals surface area contributed by atoms with Crippen LogP contribution in [-0.4, -0.2) is 47.8 Å². The molecule has 0 radical (unpaired) electrons. The van der Waals surface area contributed by atoms with Crippen molar-refractivity contribution in [2.24, 2.45) is 5.92 Å². The van der Waals surface area contributed by atoms with E-state index in [1.807, 2.05) is 0 Å². The second kappa shape index (κ2) is 5.77. The first-order chi connectivity index (χ1) is 8.74. The second-order valence-electron chi connectivity index (χ2n) is 4.38. The minimum atomic E-state index is -0.430. The van der Waals surface area contributed by atoms with Gasteiger partial charge in [-0.25, -0.2) is 14.8 Å². The summed E-state index contributed by atoms with van der Waals surface area (Å²) in [6.07, 6.45) is 4.84. The molecule has 18 heavy (non-hydrogen) atoms. The van der Waals surface area contributed by atoms with Gasteiger partial charge in [0.1, 0.15) is 0 Å². The molecule has 0 unspecified atom stereocenters. The highest BCUT2D eigenvalue weighted by Crippen LogP contribution is 2.19. The van der Waals surface area contributed by atoms with Crippen molar-refractivity contribution in [2.75, 3.05) is 31.7 Å². The van der Waals surface area contributed by atoms with Crippen LogP contribution in [-0.2, 0) is 4.74 Å². The first-order valence-corrected chi connectivity index (χ1v) is 6.00. The van der Waals surface area contributed by atoms with Gasteiger partial charge in [-0.05, 0) is 18.8 Å². The van der Waals surface area contributed by atoms with Crippen molar-refractivity contribution in [3.8, 4) is 0 Å². The molecule has 1 fully saturated rings. The van der Waals surface area contributed by atoms with Gasteiger partial charge in [0, 0.05) is 32.1 Å². The number of aromatic nitrogens is 2. The Morgan fingerprint density at radius 3 is 2.56 bits per heavy atom. The van der Waals surface area contributed by atoms with Crippen molar-refractivity contribution in [3.63, 3.8) is 0 Å². The van der Waals surface area contributed by atoms with Gasteiger partial charge in [0.05, 0.1) is 12.7 Å². The first kappa shape index (κ1) is 12.8. The molecule has 6 heteroatoms. The van der Waals surface area contributed by atoms with Crippen molar-refractivity contribution < 1.29 is 14.6 Å². The lowest BCUT2D eigenvalue weighted by atomic mass is 9.98. The molecule has 0 saturated carbocycles. The number of carbonyl (C=O) groups excluding carboxylic acids is 1. The maximum atomic E-state index is 11.2. The molecule has 98 valence electrons. The number of hydrogen-bond donors (Lipinski definition) is 1. The normalized spacial score (nSPS) is 16.7. The maximum Gasteiger partial charge on any atom is 0.341 e. The van der Waals surface area contributed by atoms with E-state index in [0.717, 1.165) is 25.9 Å². The lowest BCUT2D eigenvalue weighted by Crippen LogP contribution is -2.35. The largest absolute Gasteiger partial charge is 0.465 e. The molecule has 0 atom stereocenters. The summed E-state index contributed by atoms with van der Waals surface area (Å²) < 4.78 is 4.59. The Balaban J connectivity index is 2.00.